The highest BCUT2D eigenvalue weighted by Crippen LogP contribution is 2.28. The Labute approximate surface area is 117 Å². The maximum atomic E-state index is 13.7. The van der Waals surface area contributed by atoms with Crippen molar-refractivity contribution in [2.45, 2.75) is 0 Å². The molecule has 0 radical (unpaired) electrons. The molecule has 0 aliphatic heterocycles. The van der Waals surface area contributed by atoms with Gasteiger partial charge >= 0.3 is 5.97 Å². The number of benzene rings is 2. The monoisotopic (exact) mass is 297 g/mol. The van der Waals surface area contributed by atoms with Crippen LogP contribution in [-0.4, -0.2) is 18.2 Å². The molecule has 0 spiro atoms. The van der Waals surface area contributed by atoms with Gasteiger partial charge in [-0.3, -0.25) is 0 Å². The van der Waals surface area contributed by atoms with Gasteiger partial charge in [0.05, 0.1) is 12.7 Å². The van der Waals surface area contributed by atoms with Crippen molar-refractivity contribution < 1.29 is 27.8 Å². The quantitative estimate of drug-likeness (QED) is 0.906. The Kier molecular flexibility index (Phi) is 4.02. The highest BCUT2D eigenvalue weighted by molar-refractivity contribution is 5.88. The fourth-order valence-corrected chi connectivity index (χ4v) is 1.70. The summed E-state index contributed by atoms with van der Waals surface area (Å²) in [6.07, 6.45) is 0. The normalized spacial score (nSPS) is 10.3. The van der Waals surface area contributed by atoms with E-state index in [1.54, 1.807) is 0 Å². The molecule has 0 saturated heterocycles. The smallest absolute Gasteiger partial charge is 0.335 e. The van der Waals surface area contributed by atoms with E-state index in [9.17, 15) is 18.0 Å². The second-order valence-corrected chi connectivity index (χ2v) is 4.09. The molecule has 7 heteroatoms. The fraction of sp³-hybridized carbons (Fsp3) is 0.0714. The van der Waals surface area contributed by atoms with Crippen molar-refractivity contribution in [3.8, 4) is 5.75 Å². The number of hydrogen-bond acceptors (Lipinski definition) is 3. The predicted molar refractivity (Wildman–Crippen MR) is 69.6 cm³/mol. The summed E-state index contributed by atoms with van der Waals surface area (Å²) >= 11 is 0. The molecule has 2 aromatic rings. The lowest BCUT2D eigenvalue weighted by molar-refractivity contribution is 0.0696. The SMILES string of the molecule is COc1cc(Nc2c(F)cc(C(=O)O)cc2F)ccc1F. The average molecular weight is 297 g/mol. The summed E-state index contributed by atoms with van der Waals surface area (Å²) in [5.41, 5.74) is -0.852. The number of aromatic carboxylic acids is 1. The highest BCUT2D eigenvalue weighted by Gasteiger charge is 2.15. The number of halogens is 3. The molecule has 110 valence electrons. The third-order valence-electron chi connectivity index (χ3n) is 2.71. The van der Waals surface area contributed by atoms with Crippen molar-refractivity contribution in [3.63, 3.8) is 0 Å². The zero-order chi connectivity index (χ0) is 15.6. The van der Waals surface area contributed by atoms with Crippen molar-refractivity contribution >= 4 is 17.3 Å². The molecule has 0 amide bonds. The number of nitrogens with one attached hydrogen (secondary N) is 1. The molecule has 0 aliphatic carbocycles. The lowest BCUT2D eigenvalue weighted by Crippen LogP contribution is -2.03. The van der Waals surface area contributed by atoms with Gasteiger partial charge in [-0.2, -0.15) is 0 Å². The fourth-order valence-electron chi connectivity index (χ4n) is 1.70. The van der Waals surface area contributed by atoms with Crippen LogP contribution in [0.5, 0.6) is 5.75 Å². The van der Waals surface area contributed by atoms with Gasteiger partial charge in [0, 0.05) is 11.8 Å². The number of ether oxygens (including phenoxy) is 1. The zero-order valence-corrected chi connectivity index (χ0v) is 10.8. The van der Waals surface area contributed by atoms with Crippen LogP contribution in [0.2, 0.25) is 0 Å². The van der Waals surface area contributed by atoms with Crippen molar-refractivity contribution in [2.24, 2.45) is 0 Å². The lowest BCUT2D eigenvalue weighted by Gasteiger charge is -2.11. The number of rotatable bonds is 4. The van der Waals surface area contributed by atoms with Crippen LogP contribution in [0, 0.1) is 17.5 Å². The van der Waals surface area contributed by atoms with Gasteiger partial charge in [0.1, 0.15) is 5.69 Å². The topological polar surface area (TPSA) is 58.6 Å². The number of carbonyl (C=O) groups is 1. The first kappa shape index (κ1) is 14.7. The molecule has 0 atom stereocenters. The Morgan fingerprint density at radius 1 is 1.10 bits per heavy atom. The van der Waals surface area contributed by atoms with Gasteiger partial charge in [0.15, 0.2) is 23.2 Å². The minimum atomic E-state index is -1.44. The van der Waals surface area contributed by atoms with Gasteiger partial charge in [0.2, 0.25) is 0 Å². The van der Waals surface area contributed by atoms with Crippen LogP contribution in [0.15, 0.2) is 30.3 Å². The van der Waals surface area contributed by atoms with Crippen molar-refractivity contribution in [2.75, 3.05) is 12.4 Å². The van der Waals surface area contributed by atoms with Crippen LogP contribution in [0.4, 0.5) is 24.5 Å². The van der Waals surface area contributed by atoms with Crippen molar-refractivity contribution in [3.05, 3.63) is 53.3 Å². The Morgan fingerprint density at radius 2 is 1.71 bits per heavy atom. The van der Waals surface area contributed by atoms with Gasteiger partial charge < -0.3 is 15.2 Å². The molecule has 4 nitrogen and oxygen atoms in total. The van der Waals surface area contributed by atoms with E-state index in [-0.39, 0.29) is 11.4 Å². The summed E-state index contributed by atoms with van der Waals surface area (Å²) in [5.74, 6) is -4.30. The summed E-state index contributed by atoms with van der Waals surface area (Å²) in [6, 6.07) is 4.94. The Bertz CT molecular complexity index is 681. The second kappa shape index (κ2) is 5.74. The molecule has 0 aliphatic rings. The molecule has 2 N–H and O–H groups in total. The maximum absolute atomic E-state index is 13.7. The van der Waals surface area contributed by atoms with Gasteiger partial charge in [-0.1, -0.05) is 0 Å². The van der Waals surface area contributed by atoms with Crippen LogP contribution in [0.1, 0.15) is 10.4 Å². The third-order valence-corrected chi connectivity index (χ3v) is 2.71. The Morgan fingerprint density at radius 3 is 2.24 bits per heavy atom. The van der Waals surface area contributed by atoms with Crippen LogP contribution < -0.4 is 10.1 Å². The van der Waals surface area contributed by atoms with Crippen LogP contribution in [0.25, 0.3) is 0 Å². The summed E-state index contributed by atoms with van der Waals surface area (Å²) in [7, 11) is 1.25. The molecule has 0 fully saturated rings. The van der Waals surface area contributed by atoms with Crippen molar-refractivity contribution in [1.29, 1.82) is 0 Å². The largest absolute Gasteiger partial charge is 0.494 e. The molecule has 2 rings (SSSR count). The minimum Gasteiger partial charge on any atom is -0.494 e. The number of carboxylic acids is 1. The summed E-state index contributed by atoms with van der Waals surface area (Å²) in [6.45, 7) is 0. The third kappa shape index (κ3) is 3.07. The molecule has 0 aromatic heterocycles. The van der Waals surface area contributed by atoms with E-state index in [0.29, 0.717) is 12.1 Å². The number of methoxy groups -OCH3 is 1. The van der Waals surface area contributed by atoms with Crippen LogP contribution in [0.3, 0.4) is 0 Å². The van der Waals surface area contributed by atoms with Crippen LogP contribution >= 0.6 is 0 Å². The summed E-state index contributed by atoms with van der Waals surface area (Å²) in [4.78, 5) is 10.7. The first-order valence-corrected chi connectivity index (χ1v) is 5.75. The second-order valence-electron chi connectivity index (χ2n) is 4.09. The molecule has 0 heterocycles. The molecule has 21 heavy (non-hydrogen) atoms. The van der Waals surface area contributed by atoms with E-state index in [2.05, 4.69) is 5.32 Å². The van der Waals surface area contributed by atoms with E-state index in [1.807, 2.05) is 0 Å². The summed E-state index contributed by atoms with van der Waals surface area (Å²) in [5, 5.41) is 11.1. The predicted octanol–water partition coefficient (Wildman–Crippen LogP) is 3.55. The summed E-state index contributed by atoms with van der Waals surface area (Å²) < 4.78 is 45.5. The first-order valence-electron chi connectivity index (χ1n) is 5.75. The van der Waals surface area contributed by atoms with Gasteiger partial charge in [-0.25, -0.2) is 18.0 Å². The van der Waals surface area contributed by atoms with Crippen LogP contribution in [-0.2, 0) is 0 Å². The molecule has 0 saturated carbocycles. The van der Waals surface area contributed by atoms with E-state index >= 15 is 0 Å². The molecule has 0 bridgehead atoms. The Hall–Kier alpha value is -2.70. The van der Waals surface area contributed by atoms with Gasteiger partial charge in [-0.15, -0.1) is 0 Å². The first-order chi connectivity index (χ1) is 9.92. The zero-order valence-electron chi connectivity index (χ0n) is 10.8. The van der Waals surface area contributed by atoms with Crippen molar-refractivity contribution in [1.82, 2.24) is 0 Å². The lowest BCUT2D eigenvalue weighted by atomic mass is 10.1. The van der Waals surface area contributed by atoms with Gasteiger partial charge in [-0.05, 0) is 24.3 Å². The maximum Gasteiger partial charge on any atom is 0.335 e. The number of anilines is 2. The average Bonchev–Trinajstić information content (AvgIpc) is 2.44. The minimum absolute atomic E-state index is 0.0945. The molecular weight excluding hydrogens is 287 g/mol. The van der Waals surface area contributed by atoms with Gasteiger partial charge in [0.25, 0.3) is 0 Å². The van der Waals surface area contributed by atoms with E-state index < -0.39 is 34.7 Å². The molecule has 0 unspecified atom stereocenters. The highest BCUT2D eigenvalue weighted by atomic mass is 19.1. The number of carboxylic acid groups (broad SMARTS) is 1. The van der Waals surface area contributed by atoms with E-state index in [1.165, 1.54) is 19.2 Å². The Balaban J connectivity index is 2.38. The van der Waals surface area contributed by atoms with E-state index in [0.717, 1.165) is 6.07 Å². The van der Waals surface area contributed by atoms with E-state index in [4.69, 9.17) is 9.84 Å². The molecule has 2 aromatic carbocycles. The molecular formula is C14H10F3NO3. The number of hydrogen-bond donors (Lipinski definition) is 2. The standard InChI is InChI=1S/C14H10F3NO3/c1-21-12-6-8(2-3-9(12)15)18-13-10(16)4-7(14(19)20)5-11(13)17/h2-6,18H,1H3,(H,19,20).